The van der Waals surface area contributed by atoms with Gasteiger partial charge < -0.3 is 16.0 Å². The number of fused-ring (bicyclic) bond motifs is 6. The van der Waals surface area contributed by atoms with Crippen LogP contribution in [0.15, 0.2) is 138 Å². The summed E-state index contributed by atoms with van der Waals surface area (Å²) < 4.78 is 5.62. The topological polar surface area (TPSA) is 127 Å². The molecule has 0 amide bonds. The first-order valence-electron chi connectivity index (χ1n) is 31.6. The van der Waals surface area contributed by atoms with Gasteiger partial charge in [0, 0.05) is 76.8 Å². The van der Waals surface area contributed by atoms with Crippen molar-refractivity contribution < 1.29 is 0 Å². The predicted octanol–water partition coefficient (Wildman–Crippen LogP) is 21.5. The van der Waals surface area contributed by atoms with E-state index in [4.69, 9.17) is 0 Å². The highest BCUT2D eigenvalue weighted by molar-refractivity contribution is 5.81. The van der Waals surface area contributed by atoms with E-state index < -0.39 is 0 Å². The molecule has 85 heavy (non-hydrogen) atoms. The number of aryl methyl sites for hydroxylation is 3. The molecular formula is C73H118N12. The van der Waals surface area contributed by atoms with E-state index in [0.29, 0.717) is 12.1 Å². The lowest BCUT2D eigenvalue weighted by molar-refractivity contribution is 0.604. The van der Waals surface area contributed by atoms with E-state index in [1.165, 1.54) is 59.9 Å². The Morgan fingerprint density at radius 3 is 1.35 bits per heavy atom. The third kappa shape index (κ3) is 21.3. The standard InChI is InChI=1S/C20H20N4.C16H18N4.C16H14N4.9C2H6.3CH4/c1-13-10-20(24-19(22-13)8-9-21-24)23-16-7-6-15-11-14-4-2-3-5-17(14)18(15)12-16;1-11-9-16(20-15(18-11)7-8-17-20)19-14-6-5-12-3-2-4-13(12)10-14;1-11-10-16(20-15(18-11)8-9-17-20)19-14-7-6-12-4-2-3-5-13(12)14;9*1-2;;;/h2-5,8-10,16,23H,6-7,11-12H2,1H3;2,4,7-9,14,19H,3,5-6,10H2,1H3;2-5,7-10,19H,6H2,1H3;9*1-2H3;3*1H4. The molecule has 3 N–H and O–H groups in total. The summed E-state index contributed by atoms with van der Waals surface area (Å²) in [7, 11) is 0. The molecular weight excluding hydrogens is 1040 g/mol. The third-order valence-corrected chi connectivity index (χ3v) is 13.1. The maximum absolute atomic E-state index is 4.52. The first-order valence-corrected chi connectivity index (χ1v) is 31.6. The van der Waals surface area contributed by atoms with Crippen molar-refractivity contribution in [3.63, 3.8) is 0 Å². The molecule has 0 radical (unpaired) electrons. The maximum Gasteiger partial charge on any atom is 0.157 e. The summed E-state index contributed by atoms with van der Waals surface area (Å²) in [4.78, 5) is 13.5. The van der Waals surface area contributed by atoms with Gasteiger partial charge in [-0.1, -0.05) is 225 Å². The maximum atomic E-state index is 4.52. The van der Waals surface area contributed by atoms with Crippen LogP contribution in [-0.2, 0) is 12.8 Å². The molecule has 6 aromatic heterocycles. The van der Waals surface area contributed by atoms with Crippen LogP contribution in [0, 0.1) is 20.8 Å². The number of allylic oxidation sites excluding steroid dienone is 5. The fourth-order valence-electron chi connectivity index (χ4n) is 10.1. The second-order valence-corrected chi connectivity index (χ2v) is 17.6. The van der Waals surface area contributed by atoms with E-state index in [-0.39, 0.29) is 22.3 Å². The number of aromatic nitrogens is 9. The minimum Gasteiger partial charge on any atom is -0.367 e. The lowest BCUT2D eigenvalue weighted by Gasteiger charge is -2.26. The summed E-state index contributed by atoms with van der Waals surface area (Å²) in [6, 6.07) is 30.3. The van der Waals surface area contributed by atoms with Gasteiger partial charge in [0.1, 0.15) is 17.5 Å². The SMILES string of the molecule is C.C.C.CC.CC.CC.CC.CC.CC.CC.CC.CC.Cc1cc(NC2=CCc3ccccc32)n2nccc2n1.Cc1cc(NC2CCC3=C(C2)c2ccccc2C3)n2nccc2n1.Cc1cc(NC2CCC3=C(C=CC3)C2)n2nccc2n1. The molecule has 13 rings (SSSR count). The highest BCUT2D eigenvalue weighted by atomic mass is 15.3. The molecule has 0 aliphatic heterocycles. The Morgan fingerprint density at radius 1 is 0.447 bits per heavy atom. The lowest BCUT2D eigenvalue weighted by Crippen LogP contribution is -2.24. The number of hydrogen-bond donors (Lipinski definition) is 3. The number of hydrogen-bond acceptors (Lipinski definition) is 9. The van der Waals surface area contributed by atoms with Crippen molar-refractivity contribution in [2.24, 2.45) is 0 Å². The number of nitrogens with zero attached hydrogens (tertiary/aromatic N) is 9. The Bertz CT molecular complexity index is 3200. The number of rotatable bonds is 6. The lowest BCUT2D eigenvalue weighted by atomic mass is 9.88. The summed E-state index contributed by atoms with van der Waals surface area (Å²) in [5.74, 6) is 3.04. The molecule has 2 aromatic carbocycles. The molecule has 0 saturated carbocycles. The Balaban J connectivity index is 0. The largest absolute Gasteiger partial charge is 0.367 e. The van der Waals surface area contributed by atoms with E-state index in [1.54, 1.807) is 29.1 Å². The van der Waals surface area contributed by atoms with Gasteiger partial charge in [-0.05, 0) is 106 Å². The van der Waals surface area contributed by atoms with Gasteiger partial charge in [0.15, 0.2) is 16.9 Å². The van der Waals surface area contributed by atoms with Crippen LogP contribution in [0.1, 0.15) is 231 Å². The number of benzene rings is 2. The van der Waals surface area contributed by atoms with Crippen LogP contribution < -0.4 is 16.0 Å². The Kier molecular flexibility index (Phi) is 41.4. The Labute approximate surface area is 518 Å². The smallest absolute Gasteiger partial charge is 0.157 e. The molecule has 2 unspecified atom stereocenters. The van der Waals surface area contributed by atoms with Crippen LogP contribution in [0.2, 0.25) is 0 Å². The van der Waals surface area contributed by atoms with Crippen LogP contribution in [0.4, 0.5) is 17.5 Å². The van der Waals surface area contributed by atoms with Gasteiger partial charge in [0.2, 0.25) is 0 Å². The Morgan fingerprint density at radius 2 is 0.859 bits per heavy atom. The molecule has 0 bridgehead atoms. The molecule has 2 atom stereocenters. The van der Waals surface area contributed by atoms with Gasteiger partial charge in [0.05, 0.1) is 18.6 Å². The van der Waals surface area contributed by atoms with Gasteiger partial charge in [-0.25, -0.2) is 15.0 Å². The number of anilines is 3. The van der Waals surface area contributed by atoms with Gasteiger partial charge in [-0.3, -0.25) is 0 Å². The van der Waals surface area contributed by atoms with Crippen molar-refractivity contribution in [1.82, 2.24) is 43.8 Å². The zero-order valence-corrected chi connectivity index (χ0v) is 54.6. The summed E-state index contributed by atoms with van der Waals surface area (Å²) in [6.45, 7) is 42.1. The second-order valence-electron chi connectivity index (χ2n) is 17.6. The van der Waals surface area contributed by atoms with Crippen LogP contribution in [0.5, 0.6) is 0 Å². The van der Waals surface area contributed by atoms with Gasteiger partial charge >= 0.3 is 0 Å². The van der Waals surface area contributed by atoms with E-state index >= 15 is 0 Å². The normalized spacial score (nSPS) is 14.3. The molecule has 0 saturated heterocycles. The van der Waals surface area contributed by atoms with Crippen LogP contribution in [0.3, 0.4) is 0 Å². The molecule has 5 aliphatic carbocycles. The van der Waals surface area contributed by atoms with Crippen molar-refractivity contribution in [2.45, 2.75) is 238 Å². The average Bonchev–Trinajstić information content (AvgIpc) is 4.51. The summed E-state index contributed by atoms with van der Waals surface area (Å²) in [5.41, 5.74) is 18.8. The summed E-state index contributed by atoms with van der Waals surface area (Å²) >= 11 is 0. The molecule has 5 aliphatic rings. The van der Waals surface area contributed by atoms with E-state index in [0.717, 1.165) is 82.9 Å². The zero-order chi connectivity index (χ0) is 61.1. The monoisotopic (exact) mass is 1160 g/mol. The van der Waals surface area contributed by atoms with Crippen molar-refractivity contribution in [2.75, 3.05) is 16.0 Å². The fraction of sp³-hybridized carbons (Fsp3) is 0.479. The first-order chi connectivity index (χ1) is 40.4. The third-order valence-electron chi connectivity index (χ3n) is 13.1. The summed E-state index contributed by atoms with van der Waals surface area (Å²) in [6.07, 6.45) is 22.5. The van der Waals surface area contributed by atoms with Gasteiger partial charge in [-0.2, -0.15) is 28.8 Å². The van der Waals surface area contributed by atoms with E-state index in [1.807, 2.05) is 189 Å². The highest BCUT2D eigenvalue weighted by Crippen LogP contribution is 2.42. The zero-order valence-electron chi connectivity index (χ0n) is 54.6. The van der Waals surface area contributed by atoms with Crippen molar-refractivity contribution in [3.8, 4) is 0 Å². The Hall–Kier alpha value is -7.34. The minimum absolute atomic E-state index is 0. The van der Waals surface area contributed by atoms with E-state index in [2.05, 4.69) is 125 Å². The quantitative estimate of drug-likeness (QED) is 0.149. The molecule has 8 aromatic rings. The predicted molar refractivity (Wildman–Crippen MR) is 378 cm³/mol. The molecule has 12 nitrogen and oxygen atoms in total. The molecule has 470 valence electrons. The van der Waals surface area contributed by atoms with Crippen LogP contribution in [0.25, 0.3) is 28.2 Å². The molecule has 0 spiro atoms. The van der Waals surface area contributed by atoms with Crippen LogP contribution >= 0.6 is 0 Å². The molecule has 6 heterocycles. The first kappa shape index (κ1) is 79.7. The number of nitrogens with one attached hydrogen (secondary N) is 3. The van der Waals surface area contributed by atoms with Gasteiger partial charge in [-0.15, -0.1) is 0 Å². The molecule has 12 heteroatoms. The molecule has 0 fully saturated rings. The average molecular weight is 1160 g/mol. The van der Waals surface area contributed by atoms with Crippen molar-refractivity contribution in [1.29, 1.82) is 0 Å². The van der Waals surface area contributed by atoms with Gasteiger partial charge in [0.25, 0.3) is 0 Å². The van der Waals surface area contributed by atoms with Crippen LogP contribution in [-0.4, -0.2) is 55.9 Å². The minimum atomic E-state index is 0. The summed E-state index contributed by atoms with van der Waals surface area (Å²) in [5, 5.41) is 24.0. The van der Waals surface area contributed by atoms with Crippen molar-refractivity contribution >= 4 is 45.7 Å². The van der Waals surface area contributed by atoms with Crippen molar-refractivity contribution in [3.05, 3.63) is 178 Å². The second kappa shape index (κ2) is 44.2. The highest BCUT2D eigenvalue weighted by Gasteiger charge is 2.28. The van der Waals surface area contributed by atoms with E-state index in [9.17, 15) is 0 Å². The fourth-order valence-corrected chi connectivity index (χ4v) is 10.1.